The summed E-state index contributed by atoms with van der Waals surface area (Å²) in [6.07, 6.45) is 10.3. The van der Waals surface area contributed by atoms with Crippen molar-refractivity contribution in [2.45, 2.75) is 89.4 Å². The van der Waals surface area contributed by atoms with Gasteiger partial charge in [-0.3, -0.25) is 0 Å². The van der Waals surface area contributed by atoms with Crippen molar-refractivity contribution in [3.05, 3.63) is 41.4 Å². The number of rotatable bonds is 13. The maximum atomic E-state index is 6.31. The molecule has 0 amide bonds. The SMILES string of the molecule is C[Si](C)(C)CCOCN(COCC[Si](C)(C)C)c1cc(C2CC3CCC(C3)C2)nc2c(-c3ccc(Cl)nc3)cnn12. The normalized spacial score (nSPS) is 21.1. The average Bonchev–Trinajstić information content (AvgIpc) is 3.48. The number of aromatic nitrogens is 4. The Bertz CT molecular complexity index is 1270. The van der Waals surface area contributed by atoms with E-state index in [4.69, 9.17) is 31.2 Å². The Kier molecular flexibility index (Phi) is 9.60. The van der Waals surface area contributed by atoms with E-state index in [1.165, 1.54) is 37.8 Å². The summed E-state index contributed by atoms with van der Waals surface area (Å²) >= 11 is 6.12. The number of hydrogen-bond acceptors (Lipinski definition) is 6. The van der Waals surface area contributed by atoms with E-state index in [1.807, 2.05) is 29.0 Å². The molecule has 2 unspecified atom stereocenters. The summed E-state index contributed by atoms with van der Waals surface area (Å²) in [6, 6.07) is 8.36. The number of ether oxygens (including phenoxy) is 2. The zero-order chi connectivity index (χ0) is 29.2. The smallest absolute Gasteiger partial charge is 0.165 e. The van der Waals surface area contributed by atoms with Crippen molar-refractivity contribution in [1.29, 1.82) is 0 Å². The zero-order valence-corrected chi connectivity index (χ0v) is 28.6. The maximum absolute atomic E-state index is 6.31. The van der Waals surface area contributed by atoms with Crippen molar-refractivity contribution in [3.63, 3.8) is 0 Å². The molecule has 41 heavy (non-hydrogen) atoms. The molecule has 2 aliphatic rings. The quantitative estimate of drug-likeness (QED) is 0.0838. The molecule has 2 aliphatic carbocycles. The highest BCUT2D eigenvalue weighted by molar-refractivity contribution is 6.76. The van der Waals surface area contributed by atoms with Gasteiger partial charge in [0.1, 0.15) is 24.4 Å². The lowest BCUT2D eigenvalue weighted by atomic mass is 9.79. The molecule has 2 saturated carbocycles. The first-order valence-electron chi connectivity index (χ1n) is 15.4. The number of hydrogen-bond donors (Lipinski definition) is 0. The van der Waals surface area contributed by atoms with Crippen LogP contribution in [0, 0.1) is 11.8 Å². The highest BCUT2D eigenvalue weighted by atomic mass is 35.5. The highest BCUT2D eigenvalue weighted by Gasteiger charge is 2.36. The fourth-order valence-electron chi connectivity index (χ4n) is 6.16. The third-order valence-electron chi connectivity index (χ3n) is 8.63. The van der Waals surface area contributed by atoms with E-state index in [0.717, 1.165) is 59.7 Å². The molecule has 7 nitrogen and oxygen atoms in total. The van der Waals surface area contributed by atoms with Gasteiger partial charge in [0, 0.05) is 64.4 Å². The van der Waals surface area contributed by atoms with Gasteiger partial charge in [-0.1, -0.05) is 63.7 Å². The summed E-state index contributed by atoms with van der Waals surface area (Å²) in [4.78, 5) is 11.8. The van der Waals surface area contributed by atoms with Gasteiger partial charge in [-0.2, -0.15) is 9.61 Å². The fraction of sp³-hybridized carbons (Fsp3) is 0.645. The van der Waals surface area contributed by atoms with Crippen LogP contribution >= 0.6 is 11.6 Å². The van der Waals surface area contributed by atoms with Gasteiger partial charge in [0.15, 0.2) is 5.65 Å². The molecule has 224 valence electrons. The van der Waals surface area contributed by atoms with Crippen LogP contribution in [0.3, 0.4) is 0 Å². The van der Waals surface area contributed by atoms with E-state index < -0.39 is 16.1 Å². The molecule has 0 radical (unpaired) electrons. The minimum Gasteiger partial charge on any atom is -0.361 e. The third kappa shape index (κ3) is 8.19. The molecule has 10 heteroatoms. The molecule has 3 heterocycles. The molecule has 5 rings (SSSR count). The summed E-state index contributed by atoms with van der Waals surface area (Å²) in [5.74, 6) is 3.11. The van der Waals surface area contributed by atoms with Crippen molar-refractivity contribution in [2.24, 2.45) is 11.8 Å². The summed E-state index contributed by atoms with van der Waals surface area (Å²) in [5, 5.41) is 5.34. The highest BCUT2D eigenvalue weighted by Crippen LogP contribution is 2.48. The second-order valence-electron chi connectivity index (χ2n) is 14.7. The van der Waals surface area contributed by atoms with Gasteiger partial charge in [-0.15, -0.1) is 0 Å². The Morgan fingerprint density at radius 3 is 2.10 bits per heavy atom. The summed E-state index contributed by atoms with van der Waals surface area (Å²) < 4.78 is 14.6. The van der Waals surface area contributed by atoms with Gasteiger partial charge in [-0.05, 0) is 55.3 Å². The van der Waals surface area contributed by atoms with Crippen molar-refractivity contribution in [3.8, 4) is 11.1 Å². The minimum atomic E-state index is -1.19. The largest absolute Gasteiger partial charge is 0.361 e. The van der Waals surface area contributed by atoms with Crippen molar-refractivity contribution in [1.82, 2.24) is 19.6 Å². The lowest BCUT2D eigenvalue weighted by Crippen LogP contribution is -2.33. The molecule has 0 aromatic carbocycles. The van der Waals surface area contributed by atoms with Crippen molar-refractivity contribution >= 4 is 39.2 Å². The Morgan fingerprint density at radius 1 is 0.902 bits per heavy atom. The molecule has 3 aromatic rings. The standard InChI is InChI=1S/C31H48ClN5O2Si2/c1-40(2,3)13-11-38-21-36(22-39-12-14-41(4,5)6)30-18-28(26-16-23-7-8-24(15-23)17-26)35-31-27(20-34-37(30)31)25-9-10-29(32)33-19-25/h9-10,18-20,23-24,26H,7-8,11-17,21-22H2,1-6H3. The molecular weight excluding hydrogens is 566 g/mol. The van der Waals surface area contributed by atoms with Gasteiger partial charge in [0.2, 0.25) is 0 Å². The number of pyridine rings is 1. The number of fused-ring (bicyclic) bond motifs is 3. The van der Waals surface area contributed by atoms with E-state index in [-0.39, 0.29) is 0 Å². The minimum absolute atomic E-state index is 0.462. The molecular formula is C31H48ClN5O2Si2. The zero-order valence-electron chi connectivity index (χ0n) is 25.8. The lowest BCUT2D eigenvalue weighted by molar-refractivity contribution is 0.0942. The van der Waals surface area contributed by atoms with Crippen LogP contribution in [-0.2, 0) is 9.47 Å². The number of halogens is 1. The fourth-order valence-corrected chi connectivity index (χ4v) is 7.79. The molecule has 2 atom stereocenters. The van der Waals surface area contributed by atoms with Crippen molar-refractivity contribution < 1.29 is 9.47 Å². The predicted molar refractivity (Wildman–Crippen MR) is 174 cm³/mol. The summed E-state index contributed by atoms with van der Waals surface area (Å²) in [7, 11) is -2.39. The van der Waals surface area contributed by atoms with E-state index in [2.05, 4.69) is 55.2 Å². The van der Waals surface area contributed by atoms with Crippen LogP contribution in [0.15, 0.2) is 30.6 Å². The maximum Gasteiger partial charge on any atom is 0.165 e. The Labute approximate surface area is 253 Å². The first kappa shape index (κ1) is 30.7. The molecule has 2 bridgehead atoms. The van der Waals surface area contributed by atoms with Gasteiger partial charge in [-0.25, -0.2) is 9.97 Å². The van der Waals surface area contributed by atoms with E-state index in [9.17, 15) is 0 Å². The molecule has 0 N–H and O–H groups in total. The van der Waals surface area contributed by atoms with E-state index in [1.54, 1.807) is 0 Å². The van der Waals surface area contributed by atoms with Crippen LogP contribution in [0.1, 0.15) is 43.7 Å². The van der Waals surface area contributed by atoms with E-state index in [0.29, 0.717) is 24.5 Å². The third-order valence-corrected chi connectivity index (χ3v) is 12.3. The van der Waals surface area contributed by atoms with Crippen molar-refractivity contribution in [2.75, 3.05) is 31.6 Å². The predicted octanol–water partition coefficient (Wildman–Crippen LogP) is 8.17. The monoisotopic (exact) mass is 613 g/mol. The topological polar surface area (TPSA) is 64.8 Å². The van der Waals surface area contributed by atoms with Crippen LogP contribution < -0.4 is 4.90 Å². The average molecular weight is 614 g/mol. The molecule has 2 fully saturated rings. The second kappa shape index (κ2) is 12.8. The first-order chi connectivity index (χ1) is 19.4. The Morgan fingerprint density at radius 2 is 1.54 bits per heavy atom. The van der Waals surface area contributed by atoms with Gasteiger partial charge in [0.25, 0.3) is 0 Å². The van der Waals surface area contributed by atoms with Crippen LogP contribution in [0.25, 0.3) is 16.8 Å². The van der Waals surface area contributed by atoms with Gasteiger partial charge >= 0.3 is 0 Å². The van der Waals surface area contributed by atoms with E-state index >= 15 is 0 Å². The summed E-state index contributed by atoms with van der Waals surface area (Å²) in [5.41, 5.74) is 3.96. The van der Waals surface area contributed by atoms with Gasteiger partial charge < -0.3 is 14.4 Å². The number of anilines is 1. The lowest BCUT2D eigenvalue weighted by Gasteiger charge is -2.30. The molecule has 0 saturated heterocycles. The van der Waals surface area contributed by atoms with Crippen LogP contribution in [0.2, 0.25) is 56.5 Å². The Hall–Kier alpha value is -1.79. The molecule has 3 aromatic heterocycles. The van der Waals surface area contributed by atoms with Crippen LogP contribution in [-0.4, -0.2) is 62.4 Å². The van der Waals surface area contributed by atoms with Crippen LogP contribution in [0.4, 0.5) is 5.82 Å². The number of nitrogens with zero attached hydrogens (tertiary/aromatic N) is 5. The van der Waals surface area contributed by atoms with Gasteiger partial charge in [0.05, 0.1) is 6.20 Å². The van der Waals surface area contributed by atoms with Crippen LogP contribution in [0.5, 0.6) is 0 Å². The molecule has 0 aliphatic heterocycles. The second-order valence-corrected chi connectivity index (χ2v) is 26.3. The summed E-state index contributed by atoms with van der Waals surface area (Å²) in [6.45, 7) is 16.8. The Balaban J connectivity index is 1.50. The first-order valence-corrected chi connectivity index (χ1v) is 23.2. The molecule has 0 spiro atoms.